The summed E-state index contributed by atoms with van der Waals surface area (Å²) in [5, 5.41) is 19.7. The van der Waals surface area contributed by atoms with Crippen LogP contribution in [0, 0.1) is 22.0 Å². The lowest BCUT2D eigenvalue weighted by atomic mass is 9.90. The van der Waals surface area contributed by atoms with Gasteiger partial charge in [-0.25, -0.2) is 0 Å². The van der Waals surface area contributed by atoms with E-state index in [4.69, 9.17) is 9.84 Å². The van der Waals surface area contributed by atoms with E-state index in [9.17, 15) is 19.7 Å². The molecular formula is C15H18N2O6. The van der Waals surface area contributed by atoms with Gasteiger partial charge in [0.1, 0.15) is 5.75 Å². The van der Waals surface area contributed by atoms with Crippen molar-refractivity contribution in [2.75, 3.05) is 19.7 Å². The molecule has 8 heteroatoms. The molecule has 0 aromatic heterocycles. The van der Waals surface area contributed by atoms with Crippen molar-refractivity contribution in [2.45, 2.75) is 13.3 Å². The molecule has 2 atom stereocenters. The summed E-state index contributed by atoms with van der Waals surface area (Å²) in [6.07, 6.45) is 0.558. The molecule has 1 fully saturated rings. The average molecular weight is 322 g/mol. The highest BCUT2D eigenvalue weighted by Crippen LogP contribution is 2.22. The van der Waals surface area contributed by atoms with Gasteiger partial charge in [0.15, 0.2) is 6.61 Å². The normalized spacial score (nSPS) is 20.8. The molecule has 1 aromatic rings. The van der Waals surface area contributed by atoms with Crippen molar-refractivity contribution >= 4 is 17.6 Å². The van der Waals surface area contributed by atoms with Crippen molar-refractivity contribution in [1.82, 2.24) is 4.90 Å². The maximum atomic E-state index is 12.2. The first kappa shape index (κ1) is 16.7. The van der Waals surface area contributed by atoms with Gasteiger partial charge in [0.2, 0.25) is 0 Å². The number of aliphatic carboxylic acids is 1. The van der Waals surface area contributed by atoms with E-state index >= 15 is 0 Å². The zero-order valence-corrected chi connectivity index (χ0v) is 12.7. The molecule has 0 saturated carbocycles. The van der Waals surface area contributed by atoms with Gasteiger partial charge in [-0.05, 0) is 24.5 Å². The number of carboxylic acids is 1. The van der Waals surface area contributed by atoms with Gasteiger partial charge in [0.05, 0.1) is 10.8 Å². The van der Waals surface area contributed by atoms with Crippen LogP contribution in [0.4, 0.5) is 5.69 Å². The Morgan fingerprint density at radius 2 is 2.00 bits per heavy atom. The zero-order chi connectivity index (χ0) is 17.0. The molecule has 0 aliphatic carbocycles. The van der Waals surface area contributed by atoms with E-state index in [2.05, 4.69) is 0 Å². The van der Waals surface area contributed by atoms with Gasteiger partial charge in [-0.3, -0.25) is 19.7 Å². The van der Waals surface area contributed by atoms with Gasteiger partial charge in [-0.1, -0.05) is 6.92 Å². The lowest BCUT2D eigenvalue weighted by Crippen LogP contribution is -2.47. The minimum absolute atomic E-state index is 0.0576. The van der Waals surface area contributed by atoms with Crippen molar-refractivity contribution < 1.29 is 24.4 Å². The Bertz CT molecular complexity index is 600. The molecule has 1 heterocycles. The molecule has 1 aromatic carbocycles. The van der Waals surface area contributed by atoms with E-state index in [1.165, 1.54) is 29.2 Å². The van der Waals surface area contributed by atoms with Gasteiger partial charge < -0.3 is 14.7 Å². The third kappa shape index (κ3) is 4.41. The summed E-state index contributed by atoms with van der Waals surface area (Å²) in [5.74, 6) is -1.27. The van der Waals surface area contributed by atoms with Crippen LogP contribution in [-0.4, -0.2) is 46.5 Å². The van der Waals surface area contributed by atoms with Crippen LogP contribution < -0.4 is 4.74 Å². The zero-order valence-electron chi connectivity index (χ0n) is 12.7. The van der Waals surface area contributed by atoms with Crippen molar-refractivity contribution in [3.05, 3.63) is 34.4 Å². The molecule has 23 heavy (non-hydrogen) atoms. The maximum absolute atomic E-state index is 12.2. The standard InChI is InChI=1S/C15H18N2O6/c1-10-6-11(15(19)20)8-16(7-10)14(18)9-23-13-4-2-12(3-5-13)17(21)22/h2-5,10-11H,6-9H2,1H3,(H,19,20). The Morgan fingerprint density at radius 1 is 1.35 bits per heavy atom. The summed E-state index contributed by atoms with van der Waals surface area (Å²) in [4.78, 5) is 34.8. The molecular weight excluding hydrogens is 304 g/mol. The van der Waals surface area contributed by atoms with Crippen LogP contribution in [0.3, 0.4) is 0 Å². The fourth-order valence-electron chi connectivity index (χ4n) is 2.63. The number of nitrogens with zero attached hydrogens (tertiary/aromatic N) is 2. The summed E-state index contributed by atoms with van der Waals surface area (Å²) in [5.41, 5.74) is -0.0576. The molecule has 0 radical (unpaired) electrons. The first-order valence-electron chi connectivity index (χ1n) is 7.24. The summed E-state index contributed by atoms with van der Waals surface area (Å²) >= 11 is 0. The summed E-state index contributed by atoms with van der Waals surface area (Å²) in [6, 6.07) is 5.43. The number of carbonyl (C=O) groups excluding carboxylic acids is 1. The van der Waals surface area contributed by atoms with Crippen LogP contribution in [0.5, 0.6) is 5.75 Å². The van der Waals surface area contributed by atoms with Gasteiger partial charge in [0, 0.05) is 25.2 Å². The number of nitro benzene ring substituents is 1. The number of nitro groups is 1. The fraction of sp³-hybridized carbons (Fsp3) is 0.467. The number of carboxylic acid groups (broad SMARTS) is 1. The van der Waals surface area contributed by atoms with E-state index in [0.717, 1.165) is 0 Å². The number of rotatable bonds is 5. The minimum Gasteiger partial charge on any atom is -0.484 e. The van der Waals surface area contributed by atoms with E-state index in [1.54, 1.807) is 0 Å². The molecule has 0 bridgehead atoms. The molecule has 2 unspecified atom stereocenters. The molecule has 8 nitrogen and oxygen atoms in total. The highest BCUT2D eigenvalue weighted by molar-refractivity contribution is 5.79. The third-order valence-electron chi connectivity index (χ3n) is 3.77. The quantitative estimate of drug-likeness (QED) is 0.650. The second kappa shape index (κ2) is 7.08. The topological polar surface area (TPSA) is 110 Å². The smallest absolute Gasteiger partial charge is 0.308 e. The molecule has 1 aliphatic heterocycles. The van der Waals surface area contributed by atoms with Gasteiger partial charge >= 0.3 is 5.97 Å². The van der Waals surface area contributed by atoms with Gasteiger partial charge in [-0.2, -0.15) is 0 Å². The highest BCUT2D eigenvalue weighted by atomic mass is 16.6. The van der Waals surface area contributed by atoms with E-state index in [-0.39, 0.29) is 30.7 Å². The average Bonchev–Trinajstić information content (AvgIpc) is 2.52. The summed E-state index contributed by atoms with van der Waals surface area (Å²) in [7, 11) is 0. The highest BCUT2D eigenvalue weighted by Gasteiger charge is 2.31. The number of hydrogen-bond donors (Lipinski definition) is 1. The van der Waals surface area contributed by atoms with Crippen LogP contribution in [0.15, 0.2) is 24.3 Å². The van der Waals surface area contributed by atoms with Crippen molar-refractivity contribution in [3.63, 3.8) is 0 Å². The molecule has 1 saturated heterocycles. The Kier molecular flexibility index (Phi) is 5.15. The van der Waals surface area contributed by atoms with Gasteiger partial charge in [-0.15, -0.1) is 0 Å². The number of amides is 1. The molecule has 1 N–H and O–H groups in total. The number of likely N-dealkylation sites (tertiary alicyclic amines) is 1. The number of benzene rings is 1. The SMILES string of the molecule is CC1CC(C(=O)O)CN(C(=O)COc2ccc([N+](=O)[O-])cc2)C1. The third-order valence-corrected chi connectivity index (χ3v) is 3.77. The Balaban J connectivity index is 1.91. The van der Waals surface area contributed by atoms with Crippen molar-refractivity contribution in [1.29, 1.82) is 0 Å². The number of non-ortho nitro benzene ring substituents is 1. The van der Waals surface area contributed by atoms with Crippen LogP contribution in [0.2, 0.25) is 0 Å². The molecule has 1 amide bonds. The number of carbonyl (C=O) groups is 2. The molecule has 2 rings (SSSR count). The first-order valence-corrected chi connectivity index (χ1v) is 7.24. The predicted octanol–water partition coefficient (Wildman–Crippen LogP) is 1.54. The largest absolute Gasteiger partial charge is 0.484 e. The maximum Gasteiger partial charge on any atom is 0.308 e. The minimum atomic E-state index is -0.898. The van der Waals surface area contributed by atoms with Crippen LogP contribution in [-0.2, 0) is 9.59 Å². The first-order chi connectivity index (χ1) is 10.9. The van der Waals surface area contributed by atoms with Crippen LogP contribution in [0.1, 0.15) is 13.3 Å². The van der Waals surface area contributed by atoms with Crippen molar-refractivity contribution in [2.24, 2.45) is 11.8 Å². The van der Waals surface area contributed by atoms with Crippen LogP contribution in [0.25, 0.3) is 0 Å². The molecule has 1 aliphatic rings. The second-order valence-corrected chi connectivity index (χ2v) is 5.71. The number of ether oxygens (including phenoxy) is 1. The van der Waals surface area contributed by atoms with E-state index in [0.29, 0.717) is 18.7 Å². The number of hydrogen-bond acceptors (Lipinski definition) is 5. The van der Waals surface area contributed by atoms with E-state index in [1.807, 2.05) is 6.92 Å². The summed E-state index contributed by atoms with van der Waals surface area (Å²) < 4.78 is 5.33. The number of piperidine rings is 1. The lowest BCUT2D eigenvalue weighted by Gasteiger charge is -2.34. The van der Waals surface area contributed by atoms with Gasteiger partial charge in [0.25, 0.3) is 11.6 Å². The predicted molar refractivity (Wildman–Crippen MR) is 80.1 cm³/mol. The summed E-state index contributed by atoms with van der Waals surface area (Å²) in [6.45, 7) is 2.37. The molecule has 124 valence electrons. The Morgan fingerprint density at radius 3 is 2.57 bits per heavy atom. The van der Waals surface area contributed by atoms with Crippen LogP contribution >= 0.6 is 0 Å². The lowest BCUT2D eigenvalue weighted by molar-refractivity contribution is -0.384. The van der Waals surface area contributed by atoms with E-state index < -0.39 is 16.8 Å². The van der Waals surface area contributed by atoms with Crippen molar-refractivity contribution in [3.8, 4) is 5.75 Å². The molecule has 0 spiro atoms. The Hall–Kier alpha value is -2.64. The monoisotopic (exact) mass is 322 g/mol. The second-order valence-electron chi connectivity index (χ2n) is 5.71. The fourth-order valence-corrected chi connectivity index (χ4v) is 2.63. The Labute approximate surface area is 132 Å².